The van der Waals surface area contributed by atoms with Crippen LogP contribution in [-0.2, 0) is 13.5 Å². The highest BCUT2D eigenvalue weighted by molar-refractivity contribution is 6.35. The second-order valence-corrected chi connectivity index (χ2v) is 14.0. The van der Waals surface area contributed by atoms with Crippen molar-refractivity contribution in [2.75, 3.05) is 25.1 Å². The number of aromatic amines is 1. The zero-order chi connectivity index (χ0) is 36.0. The number of anilines is 1. The number of nitrogens with one attached hydrogen (secondary N) is 1. The summed E-state index contributed by atoms with van der Waals surface area (Å²) >= 11 is 13.4. The van der Waals surface area contributed by atoms with Gasteiger partial charge in [0.1, 0.15) is 5.75 Å². The van der Waals surface area contributed by atoms with Crippen LogP contribution in [0.25, 0.3) is 32.9 Å². The van der Waals surface area contributed by atoms with Gasteiger partial charge in [0, 0.05) is 71.0 Å². The van der Waals surface area contributed by atoms with Crippen molar-refractivity contribution in [2.45, 2.75) is 53.5 Å². The number of carbonyl (C=O) groups is 2. The summed E-state index contributed by atoms with van der Waals surface area (Å²) in [5.74, 6) is -0.208. The number of ether oxygens (including phenoxy) is 1. The van der Waals surface area contributed by atoms with Crippen molar-refractivity contribution in [3.8, 4) is 16.9 Å². The standard InChI is InChI=1S/C39H41Cl2N5O4/c1-21-15-27(16-22(2)37(21)41)50-14-8-9-28-29-11-12-31(40)36(35-24(4)42-43-25(35)5)38(29)46(34(28)20-47)23(3)18-44(6)33-19-45(7)32-13-10-26(39(48)49)17-30(32)33/h10-13,15-17,19-20,23H,8-9,14,18H2,1-7H3,(H,42,43)(H,48,49)/t23-/m1/s1. The normalized spacial score (nSPS) is 12.2. The zero-order valence-electron chi connectivity index (χ0n) is 29.3. The maximum atomic E-state index is 13.1. The molecular weight excluding hydrogens is 673 g/mol. The van der Waals surface area contributed by atoms with Gasteiger partial charge in [0.25, 0.3) is 0 Å². The summed E-state index contributed by atoms with van der Waals surface area (Å²) in [6.45, 7) is 10.9. The molecule has 0 unspecified atom stereocenters. The summed E-state index contributed by atoms with van der Waals surface area (Å²) in [4.78, 5) is 27.1. The van der Waals surface area contributed by atoms with Crippen molar-refractivity contribution < 1.29 is 19.4 Å². The number of halogens is 2. The highest BCUT2D eigenvalue weighted by atomic mass is 35.5. The molecule has 6 aromatic rings. The van der Waals surface area contributed by atoms with Gasteiger partial charge in [-0.05, 0) is 101 Å². The molecule has 0 bridgehead atoms. The minimum absolute atomic E-state index is 0.199. The first kappa shape index (κ1) is 35.1. The fourth-order valence-corrected chi connectivity index (χ4v) is 7.64. The smallest absolute Gasteiger partial charge is 0.335 e. The lowest BCUT2D eigenvalue weighted by molar-refractivity contribution is 0.0697. The van der Waals surface area contributed by atoms with E-state index in [-0.39, 0.29) is 11.6 Å². The Balaban J connectivity index is 1.42. The van der Waals surface area contributed by atoms with Crippen molar-refractivity contribution in [2.24, 2.45) is 7.05 Å². The van der Waals surface area contributed by atoms with Crippen LogP contribution >= 0.6 is 23.2 Å². The van der Waals surface area contributed by atoms with Gasteiger partial charge in [0.15, 0.2) is 6.29 Å². The van der Waals surface area contributed by atoms with Gasteiger partial charge in [-0.25, -0.2) is 4.79 Å². The summed E-state index contributed by atoms with van der Waals surface area (Å²) in [5, 5.41) is 20.4. The van der Waals surface area contributed by atoms with Crippen LogP contribution in [0.3, 0.4) is 0 Å². The number of hydrogen-bond acceptors (Lipinski definition) is 5. The number of benzene rings is 3. The number of aldehydes is 1. The van der Waals surface area contributed by atoms with E-state index in [4.69, 9.17) is 27.9 Å². The van der Waals surface area contributed by atoms with Crippen molar-refractivity contribution >= 4 is 63.0 Å². The third-order valence-corrected chi connectivity index (χ3v) is 10.5. The lowest BCUT2D eigenvalue weighted by atomic mass is 9.98. The van der Waals surface area contributed by atoms with E-state index in [0.29, 0.717) is 36.7 Å². The van der Waals surface area contributed by atoms with Gasteiger partial charge in [-0.3, -0.25) is 9.89 Å². The van der Waals surface area contributed by atoms with Gasteiger partial charge < -0.3 is 23.9 Å². The highest BCUT2D eigenvalue weighted by Gasteiger charge is 2.27. The third-order valence-electron chi connectivity index (χ3n) is 9.61. The largest absolute Gasteiger partial charge is 0.494 e. The second kappa shape index (κ2) is 13.9. The number of likely N-dealkylation sites (N-methyl/N-ethyl adjacent to an activating group) is 1. The molecule has 3 aromatic carbocycles. The van der Waals surface area contributed by atoms with Gasteiger partial charge in [-0.2, -0.15) is 5.10 Å². The Morgan fingerprint density at radius 3 is 2.42 bits per heavy atom. The Bertz CT molecular complexity index is 2240. The number of carbonyl (C=O) groups excluding carboxylic acids is 1. The number of H-pyrrole nitrogens is 1. The van der Waals surface area contributed by atoms with Crippen LogP contribution in [0, 0.1) is 27.7 Å². The van der Waals surface area contributed by atoms with Crippen LogP contribution in [-0.4, -0.2) is 56.9 Å². The van der Waals surface area contributed by atoms with E-state index in [0.717, 1.165) is 83.8 Å². The van der Waals surface area contributed by atoms with Crippen molar-refractivity contribution in [3.05, 3.63) is 98.0 Å². The number of aryl methyl sites for hydroxylation is 6. The lowest BCUT2D eigenvalue weighted by Gasteiger charge is -2.26. The topological polar surface area (TPSA) is 105 Å². The molecule has 0 aliphatic rings. The van der Waals surface area contributed by atoms with E-state index in [9.17, 15) is 14.7 Å². The molecule has 0 aliphatic heterocycles. The molecule has 6 rings (SSSR count). The van der Waals surface area contributed by atoms with Crippen LogP contribution < -0.4 is 9.64 Å². The fraction of sp³-hybridized carbons (Fsp3) is 0.308. The molecule has 3 aromatic heterocycles. The monoisotopic (exact) mass is 713 g/mol. The van der Waals surface area contributed by atoms with Crippen LogP contribution in [0.5, 0.6) is 5.75 Å². The number of carboxylic acid groups (broad SMARTS) is 1. The molecule has 9 nitrogen and oxygen atoms in total. The van der Waals surface area contributed by atoms with Gasteiger partial charge >= 0.3 is 5.97 Å². The average Bonchev–Trinajstić information content (AvgIpc) is 3.71. The van der Waals surface area contributed by atoms with Crippen LogP contribution in [0.15, 0.2) is 48.7 Å². The minimum Gasteiger partial charge on any atom is -0.494 e. The SMILES string of the molecule is Cc1cc(OCCCc2c(C=O)n([C@H](C)CN(C)c3cn(C)c4ccc(C(=O)O)cc34)c3c(-c4c(C)n[nH]c4C)c(Cl)ccc23)cc(C)c1Cl. The summed E-state index contributed by atoms with van der Waals surface area (Å²) in [6.07, 6.45) is 4.24. The number of aromatic nitrogens is 4. The molecule has 2 N–H and O–H groups in total. The van der Waals surface area contributed by atoms with E-state index < -0.39 is 5.97 Å². The zero-order valence-corrected chi connectivity index (χ0v) is 30.8. The molecule has 50 heavy (non-hydrogen) atoms. The van der Waals surface area contributed by atoms with E-state index in [1.165, 1.54) is 0 Å². The third kappa shape index (κ3) is 6.24. The van der Waals surface area contributed by atoms with Crippen LogP contribution in [0.2, 0.25) is 10.0 Å². The first-order chi connectivity index (χ1) is 23.8. The van der Waals surface area contributed by atoms with Gasteiger partial charge in [-0.15, -0.1) is 0 Å². The van der Waals surface area contributed by atoms with Gasteiger partial charge in [0.2, 0.25) is 0 Å². The van der Waals surface area contributed by atoms with Crippen LogP contribution in [0.4, 0.5) is 5.69 Å². The molecule has 11 heteroatoms. The highest BCUT2D eigenvalue weighted by Crippen LogP contribution is 2.43. The molecule has 0 radical (unpaired) electrons. The molecular formula is C39H41Cl2N5O4. The number of rotatable bonds is 12. The summed E-state index contributed by atoms with van der Waals surface area (Å²) in [6, 6.07) is 12.8. The first-order valence-corrected chi connectivity index (χ1v) is 17.3. The Labute approximate surface area is 301 Å². The number of carboxylic acids is 1. The second-order valence-electron chi connectivity index (χ2n) is 13.2. The van der Waals surface area contributed by atoms with E-state index in [1.54, 1.807) is 12.1 Å². The number of hydrogen-bond donors (Lipinski definition) is 2. The van der Waals surface area contributed by atoms with Crippen molar-refractivity contribution in [1.29, 1.82) is 0 Å². The Morgan fingerprint density at radius 2 is 1.78 bits per heavy atom. The molecule has 0 fully saturated rings. The number of fused-ring (bicyclic) bond motifs is 2. The van der Waals surface area contributed by atoms with E-state index in [1.807, 2.05) is 82.9 Å². The Hall–Kier alpha value is -4.73. The molecule has 0 spiro atoms. The van der Waals surface area contributed by atoms with Crippen molar-refractivity contribution in [3.63, 3.8) is 0 Å². The van der Waals surface area contributed by atoms with Crippen LogP contribution in [0.1, 0.15) is 68.3 Å². The lowest BCUT2D eigenvalue weighted by Crippen LogP contribution is -2.27. The van der Waals surface area contributed by atoms with E-state index in [2.05, 4.69) is 26.6 Å². The summed E-state index contributed by atoms with van der Waals surface area (Å²) in [5.41, 5.74) is 9.82. The van der Waals surface area contributed by atoms with Gasteiger partial charge in [0.05, 0.1) is 39.8 Å². The summed E-state index contributed by atoms with van der Waals surface area (Å²) in [7, 11) is 3.93. The van der Waals surface area contributed by atoms with E-state index >= 15 is 0 Å². The number of aromatic carboxylic acids is 1. The molecule has 260 valence electrons. The first-order valence-electron chi connectivity index (χ1n) is 16.6. The molecule has 1 atom stereocenters. The molecule has 0 aliphatic carbocycles. The molecule has 3 heterocycles. The average molecular weight is 715 g/mol. The molecule has 0 saturated carbocycles. The van der Waals surface area contributed by atoms with Gasteiger partial charge in [-0.1, -0.05) is 29.3 Å². The predicted molar refractivity (Wildman–Crippen MR) is 202 cm³/mol. The van der Waals surface area contributed by atoms with Crippen molar-refractivity contribution in [1.82, 2.24) is 19.3 Å². The molecule has 0 saturated heterocycles. The maximum Gasteiger partial charge on any atom is 0.335 e. The maximum absolute atomic E-state index is 13.1. The Morgan fingerprint density at radius 1 is 1.06 bits per heavy atom. The summed E-state index contributed by atoms with van der Waals surface area (Å²) < 4.78 is 10.3. The quantitative estimate of drug-likeness (QED) is 0.0968. The fourth-order valence-electron chi connectivity index (χ4n) is 7.28. The number of nitrogens with zero attached hydrogens (tertiary/aromatic N) is 4. The molecule has 0 amide bonds. The Kier molecular flexibility index (Phi) is 9.75. The minimum atomic E-state index is -0.974. The predicted octanol–water partition coefficient (Wildman–Crippen LogP) is 9.28.